The molecule has 0 spiro atoms. The number of benzene rings is 1. The fourth-order valence-electron chi connectivity index (χ4n) is 4.66. The molecule has 240 valence electrons. The van der Waals surface area contributed by atoms with Gasteiger partial charge in [0, 0.05) is 42.4 Å². The van der Waals surface area contributed by atoms with E-state index in [4.69, 9.17) is 14.2 Å². The van der Waals surface area contributed by atoms with E-state index in [0.29, 0.717) is 35.5 Å². The van der Waals surface area contributed by atoms with E-state index in [9.17, 15) is 23.2 Å². The Morgan fingerprint density at radius 2 is 1.82 bits per heavy atom. The molecule has 0 aliphatic carbocycles. The lowest BCUT2D eigenvalue weighted by Crippen LogP contribution is -2.58. The van der Waals surface area contributed by atoms with Crippen molar-refractivity contribution in [2.45, 2.75) is 45.4 Å². The van der Waals surface area contributed by atoms with Crippen LogP contribution in [0.4, 0.5) is 14.6 Å². The third-order valence-electron chi connectivity index (χ3n) is 6.95. The second-order valence-corrected chi connectivity index (χ2v) is 11.0. The summed E-state index contributed by atoms with van der Waals surface area (Å²) in [4.78, 5) is 45.1. The number of hydrogen-bond acceptors (Lipinski definition) is 8. The van der Waals surface area contributed by atoms with Crippen molar-refractivity contribution in [3.05, 3.63) is 69.6 Å². The number of nitrogens with zero attached hydrogens (tertiary/aromatic N) is 3. The molecule has 0 bridgehead atoms. The van der Waals surface area contributed by atoms with Gasteiger partial charge in [-0.25, -0.2) is 8.78 Å². The molecule has 2 aromatic heterocycles. The van der Waals surface area contributed by atoms with E-state index in [1.807, 2.05) is 6.92 Å². The van der Waals surface area contributed by atoms with Crippen molar-refractivity contribution in [3.63, 3.8) is 0 Å². The van der Waals surface area contributed by atoms with Crippen molar-refractivity contribution >= 4 is 17.6 Å². The zero-order valence-corrected chi connectivity index (χ0v) is 25.6. The molecule has 0 radical (unpaired) electrons. The number of pyridine rings is 2. The Morgan fingerprint density at radius 3 is 2.45 bits per heavy atom. The average molecular weight is 618 g/mol. The number of anilines is 1. The molecular formula is C31H41F2N5O6. The van der Waals surface area contributed by atoms with E-state index >= 15 is 0 Å². The predicted octanol–water partition coefficient (Wildman–Crippen LogP) is 4.20. The summed E-state index contributed by atoms with van der Waals surface area (Å²) in [7, 11) is 4.61. The maximum Gasteiger partial charge on any atom is 0.282 e. The number of aryl methyl sites for hydroxylation is 1. The molecule has 2 N–H and O–H groups in total. The summed E-state index contributed by atoms with van der Waals surface area (Å²) < 4.78 is 44.9. The van der Waals surface area contributed by atoms with Gasteiger partial charge >= 0.3 is 0 Å². The second kappa shape index (κ2) is 13.5. The minimum Gasteiger partial charge on any atom is -0.497 e. The first-order valence-corrected chi connectivity index (χ1v) is 14.1. The van der Waals surface area contributed by atoms with Gasteiger partial charge in [-0.1, -0.05) is 0 Å². The summed E-state index contributed by atoms with van der Waals surface area (Å²) in [6.45, 7) is 5.13. The molecule has 3 heterocycles. The number of likely N-dealkylation sites (tertiary alicyclic amines) is 1. The molecule has 3 aromatic rings. The predicted molar refractivity (Wildman–Crippen MR) is 165 cm³/mol. The summed E-state index contributed by atoms with van der Waals surface area (Å²) in [5.74, 6) is -3.64. The van der Waals surface area contributed by atoms with Crippen LogP contribution in [0.2, 0.25) is 0 Å². The SMILES string of the molecule is COc1ccc(-c2cc(NC(=O)c3cc(CNC[C@H](C)OC)cn(C)c3=O)nc(OC(C)C)c2)c(C(=O)N2CC(F)(F)C2)c1.[HH].[HH]. The van der Waals surface area contributed by atoms with Crippen molar-refractivity contribution < 1.29 is 35.4 Å². The Balaban J connectivity index is 0.00000368. The van der Waals surface area contributed by atoms with Gasteiger partial charge in [0.25, 0.3) is 23.3 Å². The Labute approximate surface area is 257 Å². The van der Waals surface area contributed by atoms with Crippen LogP contribution in [-0.4, -0.2) is 78.2 Å². The number of halogens is 2. The lowest BCUT2D eigenvalue weighted by molar-refractivity contribution is -0.113. The van der Waals surface area contributed by atoms with E-state index in [2.05, 4.69) is 15.6 Å². The minimum absolute atomic E-state index is 0. The average Bonchev–Trinajstić information content (AvgIpc) is 2.96. The Kier molecular flexibility index (Phi) is 10.00. The molecule has 1 atom stereocenters. The van der Waals surface area contributed by atoms with Gasteiger partial charge in [-0.05, 0) is 67.8 Å². The molecule has 4 rings (SSSR count). The normalized spacial score (nSPS) is 14.6. The number of ether oxygens (including phenoxy) is 3. The molecule has 13 heteroatoms. The molecule has 0 saturated carbocycles. The van der Waals surface area contributed by atoms with E-state index in [-0.39, 0.29) is 37.9 Å². The lowest BCUT2D eigenvalue weighted by atomic mass is 9.97. The zero-order chi connectivity index (χ0) is 32.2. The number of carbonyl (C=O) groups is 2. The number of rotatable bonds is 12. The zero-order valence-electron chi connectivity index (χ0n) is 25.6. The van der Waals surface area contributed by atoms with Crippen LogP contribution in [0.1, 0.15) is 49.9 Å². The smallest absolute Gasteiger partial charge is 0.282 e. The first-order valence-electron chi connectivity index (χ1n) is 14.1. The molecule has 2 amide bonds. The Bertz CT molecular complexity index is 1600. The molecule has 1 saturated heterocycles. The molecule has 1 aromatic carbocycles. The summed E-state index contributed by atoms with van der Waals surface area (Å²) in [6, 6.07) is 9.37. The van der Waals surface area contributed by atoms with Crippen LogP contribution in [0.25, 0.3) is 11.1 Å². The van der Waals surface area contributed by atoms with E-state index in [0.717, 1.165) is 4.90 Å². The number of nitrogens with one attached hydrogen (secondary N) is 2. The summed E-state index contributed by atoms with van der Waals surface area (Å²) in [5.41, 5.74) is 1.08. The van der Waals surface area contributed by atoms with Gasteiger partial charge in [0.05, 0.1) is 38.0 Å². The number of methoxy groups -OCH3 is 2. The molecule has 44 heavy (non-hydrogen) atoms. The molecule has 0 unspecified atom stereocenters. The first-order chi connectivity index (χ1) is 20.8. The number of carbonyl (C=O) groups excluding carboxylic acids is 2. The van der Waals surface area contributed by atoms with Crippen LogP contribution >= 0.6 is 0 Å². The number of aromatic nitrogens is 2. The second-order valence-electron chi connectivity index (χ2n) is 11.0. The molecular weight excluding hydrogens is 576 g/mol. The summed E-state index contributed by atoms with van der Waals surface area (Å²) in [6.07, 6.45) is 1.35. The van der Waals surface area contributed by atoms with Gasteiger partial charge in [0.1, 0.15) is 17.1 Å². The van der Waals surface area contributed by atoms with Crippen LogP contribution in [0, 0.1) is 0 Å². The summed E-state index contributed by atoms with van der Waals surface area (Å²) >= 11 is 0. The monoisotopic (exact) mass is 617 g/mol. The van der Waals surface area contributed by atoms with E-state index < -0.39 is 36.4 Å². The highest BCUT2D eigenvalue weighted by molar-refractivity contribution is 6.05. The highest BCUT2D eigenvalue weighted by Crippen LogP contribution is 2.35. The standard InChI is InChI=1S/C31H37F2N5O6.2H2/c1-18(2)44-27-11-21(23-8-7-22(43-6)12-24(23)30(41)38-16-31(32,33)17-38)10-26(35-27)36-28(39)25-9-20(15-37(4)29(25)40)14-34-13-19(3)42-5;;/h7-12,15,18-19,34H,13-14,16-17H2,1-6H3,(H,35,36,39);2*1H/t19-;;/m0../s1. The summed E-state index contributed by atoms with van der Waals surface area (Å²) in [5, 5.41) is 5.91. The third kappa shape index (κ3) is 7.77. The topological polar surface area (TPSA) is 124 Å². The van der Waals surface area contributed by atoms with Crippen molar-refractivity contribution in [2.75, 3.05) is 39.2 Å². The largest absolute Gasteiger partial charge is 0.497 e. The third-order valence-corrected chi connectivity index (χ3v) is 6.95. The maximum atomic E-state index is 13.6. The lowest BCUT2D eigenvalue weighted by Gasteiger charge is -2.39. The van der Waals surface area contributed by atoms with Gasteiger partial charge in [-0.15, -0.1) is 0 Å². The fraction of sp³-hybridized carbons (Fsp3) is 0.419. The van der Waals surface area contributed by atoms with E-state index in [1.54, 1.807) is 52.4 Å². The van der Waals surface area contributed by atoms with Crippen molar-refractivity contribution in [3.8, 4) is 22.8 Å². The fourth-order valence-corrected chi connectivity index (χ4v) is 4.66. The van der Waals surface area contributed by atoms with Gasteiger partial charge in [0.2, 0.25) is 5.88 Å². The van der Waals surface area contributed by atoms with Crippen LogP contribution in [0.3, 0.4) is 0 Å². The van der Waals surface area contributed by atoms with Crippen LogP contribution in [-0.2, 0) is 18.3 Å². The van der Waals surface area contributed by atoms with Crippen LogP contribution in [0.15, 0.2) is 47.4 Å². The van der Waals surface area contributed by atoms with E-state index in [1.165, 1.54) is 29.9 Å². The maximum absolute atomic E-state index is 13.6. The molecule has 11 nitrogen and oxygen atoms in total. The number of alkyl halides is 2. The van der Waals surface area contributed by atoms with Crippen molar-refractivity contribution in [1.82, 2.24) is 19.8 Å². The Hall–Kier alpha value is -4.36. The van der Waals surface area contributed by atoms with Gasteiger partial charge in [-0.3, -0.25) is 14.4 Å². The number of amides is 2. The molecule has 1 aliphatic heterocycles. The quantitative estimate of drug-likeness (QED) is 0.310. The van der Waals surface area contributed by atoms with Gasteiger partial charge < -0.3 is 34.3 Å². The highest BCUT2D eigenvalue weighted by atomic mass is 19.3. The first kappa shape index (κ1) is 32.6. The molecule has 1 fully saturated rings. The Morgan fingerprint density at radius 1 is 1.09 bits per heavy atom. The molecule has 1 aliphatic rings. The number of hydrogen-bond donors (Lipinski definition) is 2. The van der Waals surface area contributed by atoms with Crippen LogP contribution < -0.4 is 25.7 Å². The highest BCUT2D eigenvalue weighted by Gasteiger charge is 2.46. The van der Waals surface area contributed by atoms with Crippen LogP contribution in [0.5, 0.6) is 11.6 Å². The van der Waals surface area contributed by atoms with Gasteiger partial charge in [-0.2, -0.15) is 4.98 Å². The minimum atomic E-state index is -2.94. The van der Waals surface area contributed by atoms with Crippen molar-refractivity contribution in [2.24, 2.45) is 7.05 Å². The van der Waals surface area contributed by atoms with Crippen molar-refractivity contribution in [1.29, 1.82) is 0 Å². The van der Waals surface area contributed by atoms with Gasteiger partial charge in [0.15, 0.2) is 0 Å².